The van der Waals surface area contributed by atoms with Gasteiger partial charge in [0, 0.05) is 11.4 Å². The van der Waals surface area contributed by atoms with Gasteiger partial charge in [-0.1, -0.05) is 0 Å². The summed E-state index contributed by atoms with van der Waals surface area (Å²) in [5, 5.41) is 8.61. The highest BCUT2D eigenvalue weighted by Crippen LogP contribution is 2.16. The van der Waals surface area contributed by atoms with Crippen LogP contribution in [0.5, 0.6) is 0 Å². The molecule has 0 bridgehead atoms. The Morgan fingerprint density at radius 2 is 1.29 bits per heavy atom. The van der Waals surface area contributed by atoms with Crippen LogP contribution in [-0.2, 0) is 0 Å². The van der Waals surface area contributed by atoms with Gasteiger partial charge in [-0.05, 0) is 49.3 Å². The molecule has 0 N–H and O–H groups in total. The van der Waals surface area contributed by atoms with Crippen LogP contribution >= 0.6 is 8.08 Å². The fourth-order valence-electron chi connectivity index (χ4n) is 2.15. The van der Waals surface area contributed by atoms with E-state index in [1.165, 1.54) is 0 Å². The first-order valence-corrected chi connectivity index (χ1v) is 7.54. The highest BCUT2D eigenvalue weighted by Gasteiger charge is 2.17. The topological polar surface area (TPSA) is 97.4 Å². The molecule has 9 heteroatoms. The second kappa shape index (κ2) is 4.98. The minimum absolute atomic E-state index is 0.263. The van der Waals surface area contributed by atoms with Gasteiger partial charge in [0.25, 0.3) is 11.9 Å². The average molecular weight is 303 g/mol. The van der Waals surface area contributed by atoms with E-state index < -0.39 is 8.08 Å². The molecule has 0 aliphatic rings. The van der Waals surface area contributed by atoms with Gasteiger partial charge in [-0.2, -0.15) is 24.5 Å². The average Bonchev–Trinajstić information content (AvgIpc) is 2.90. The first-order chi connectivity index (χ1) is 9.94. The molecule has 3 aromatic rings. The van der Waals surface area contributed by atoms with Gasteiger partial charge in [-0.25, -0.2) is 0 Å². The van der Waals surface area contributed by atoms with Gasteiger partial charge in [-0.15, -0.1) is 0 Å². The Hall–Kier alpha value is -2.18. The molecular weight excluding hydrogens is 289 g/mol. The molecule has 0 unspecified atom stereocenters. The zero-order valence-corrected chi connectivity index (χ0v) is 13.0. The Bertz CT molecular complexity index is 759. The normalized spacial score (nSPS) is 11.1. The molecule has 3 aromatic heterocycles. The lowest BCUT2D eigenvalue weighted by molar-refractivity contribution is -0.155. The molecule has 0 amide bonds. The molecule has 0 fully saturated rings. The van der Waals surface area contributed by atoms with Crippen molar-refractivity contribution >= 4 is 8.08 Å². The molecule has 0 aliphatic carbocycles. The third-order valence-electron chi connectivity index (χ3n) is 2.95. The van der Waals surface area contributed by atoms with Crippen LogP contribution in [0.4, 0.5) is 0 Å². The van der Waals surface area contributed by atoms with E-state index in [1.54, 1.807) is 9.36 Å². The van der Waals surface area contributed by atoms with E-state index >= 15 is 0 Å². The highest BCUT2D eigenvalue weighted by atomic mass is 31.1. The van der Waals surface area contributed by atoms with Crippen molar-refractivity contribution < 1.29 is 4.89 Å². The van der Waals surface area contributed by atoms with Crippen LogP contribution in [0.1, 0.15) is 22.8 Å². The van der Waals surface area contributed by atoms with Gasteiger partial charge in [-0.3, -0.25) is 0 Å². The molecule has 0 saturated carbocycles. The van der Waals surface area contributed by atoms with Crippen LogP contribution in [-0.4, -0.2) is 34.0 Å². The van der Waals surface area contributed by atoms with Crippen LogP contribution in [0.3, 0.4) is 0 Å². The quantitative estimate of drug-likeness (QED) is 0.696. The van der Waals surface area contributed by atoms with Gasteiger partial charge < -0.3 is 4.89 Å². The Kier molecular flexibility index (Phi) is 3.27. The van der Waals surface area contributed by atoms with E-state index in [1.807, 2.05) is 39.8 Å². The summed E-state index contributed by atoms with van der Waals surface area (Å²) in [5.41, 5.74) is 3.42. The molecule has 8 nitrogen and oxygen atoms in total. The van der Waals surface area contributed by atoms with Crippen molar-refractivity contribution in [3.63, 3.8) is 0 Å². The third kappa shape index (κ3) is 2.55. The molecular formula is C12H14N7OP. The Balaban J connectivity index is 2.17. The van der Waals surface area contributed by atoms with E-state index in [9.17, 15) is 4.89 Å². The maximum Gasteiger partial charge on any atom is 0.330 e. The molecule has 0 saturated heterocycles. The molecule has 21 heavy (non-hydrogen) atoms. The van der Waals surface area contributed by atoms with Crippen LogP contribution in [0.15, 0.2) is 12.1 Å². The lowest BCUT2D eigenvalue weighted by atomic mass is 10.4. The van der Waals surface area contributed by atoms with Crippen molar-refractivity contribution in [3.05, 3.63) is 34.9 Å². The third-order valence-corrected chi connectivity index (χ3v) is 3.65. The summed E-state index contributed by atoms with van der Waals surface area (Å²) in [6.07, 6.45) is 0. The second-order valence-electron chi connectivity index (χ2n) is 4.84. The van der Waals surface area contributed by atoms with Crippen molar-refractivity contribution in [2.45, 2.75) is 27.7 Å². The minimum atomic E-state index is -2.11. The van der Waals surface area contributed by atoms with E-state index in [0.717, 1.165) is 22.8 Å². The lowest BCUT2D eigenvalue weighted by Crippen LogP contribution is -2.12. The predicted molar refractivity (Wildman–Crippen MR) is 75.5 cm³/mol. The van der Waals surface area contributed by atoms with Crippen LogP contribution in [0, 0.1) is 27.7 Å². The monoisotopic (exact) mass is 303 g/mol. The van der Waals surface area contributed by atoms with Gasteiger partial charge >= 0.3 is 8.08 Å². The predicted octanol–water partition coefficient (Wildman–Crippen LogP) is 0.868. The summed E-state index contributed by atoms with van der Waals surface area (Å²) in [5.74, 6) is 0.526. The summed E-state index contributed by atoms with van der Waals surface area (Å²) < 4.78 is 11.1. The number of hydrogen-bond acceptors (Lipinski definition) is 6. The fourth-order valence-corrected chi connectivity index (χ4v) is 2.76. The van der Waals surface area contributed by atoms with Crippen molar-refractivity contribution in [1.29, 1.82) is 0 Å². The SMILES string of the molecule is Cc1cc(C)n(-c2nc(-n3nc(C)cc3C)n[p+]([O-])n2)n1. The molecule has 0 aliphatic heterocycles. The summed E-state index contributed by atoms with van der Waals surface area (Å²) in [6, 6.07) is 3.81. The highest BCUT2D eigenvalue weighted by molar-refractivity contribution is 7.33. The molecule has 0 atom stereocenters. The molecule has 0 aromatic carbocycles. The van der Waals surface area contributed by atoms with Crippen molar-refractivity contribution in [1.82, 2.24) is 34.0 Å². The van der Waals surface area contributed by atoms with Crippen LogP contribution in [0.25, 0.3) is 11.9 Å². The smallest absolute Gasteiger partial charge is 0.330 e. The fraction of sp³-hybridized carbons (Fsp3) is 0.333. The van der Waals surface area contributed by atoms with Gasteiger partial charge in [0.2, 0.25) is 0 Å². The standard InChI is InChI=1S/C12H14N7OP/c1-7-5-9(3)18(14-7)11-13-12(17-21(20)16-11)19-10(4)6-8(2)15-19/h5-6H,1-4H3. The number of hydrogen-bond donors (Lipinski definition) is 0. The number of nitrogens with zero attached hydrogens (tertiary/aromatic N) is 7. The molecule has 3 rings (SSSR count). The van der Waals surface area contributed by atoms with Crippen molar-refractivity contribution in [2.24, 2.45) is 0 Å². The summed E-state index contributed by atoms with van der Waals surface area (Å²) >= 11 is 0. The largest absolute Gasteiger partial charge is 0.588 e. The lowest BCUT2D eigenvalue weighted by Gasteiger charge is -2.04. The summed E-state index contributed by atoms with van der Waals surface area (Å²) in [7, 11) is -2.11. The van der Waals surface area contributed by atoms with Gasteiger partial charge in [0.15, 0.2) is 0 Å². The van der Waals surface area contributed by atoms with Gasteiger partial charge in [0.05, 0.1) is 11.4 Å². The maximum absolute atomic E-state index is 11.9. The van der Waals surface area contributed by atoms with E-state index in [-0.39, 0.29) is 11.9 Å². The first-order valence-electron chi connectivity index (χ1n) is 6.37. The van der Waals surface area contributed by atoms with Crippen molar-refractivity contribution in [3.8, 4) is 11.9 Å². The maximum atomic E-state index is 11.9. The van der Waals surface area contributed by atoms with Gasteiger partial charge in [0.1, 0.15) is 0 Å². The zero-order valence-electron chi connectivity index (χ0n) is 12.1. The number of rotatable bonds is 2. The summed E-state index contributed by atoms with van der Waals surface area (Å²) in [4.78, 5) is 16.2. The Labute approximate surface area is 122 Å². The molecule has 3 heterocycles. The summed E-state index contributed by atoms with van der Waals surface area (Å²) in [6.45, 7) is 7.53. The Morgan fingerprint density at radius 3 is 1.62 bits per heavy atom. The molecule has 0 spiro atoms. The molecule has 0 radical (unpaired) electrons. The van der Waals surface area contributed by atoms with E-state index in [0.29, 0.717) is 0 Å². The van der Waals surface area contributed by atoms with E-state index in [4.69, 9.17) is 0 Å². The first kappa shape index (κ1) is 13.8. The number of aromatic nitrogens is 7. The van der Waals surface area contributed by atoms with E-state index in [2.05, 4.69) is 24.7 Å². The van der Waals surface area contributed by atoms with Crippen molar-refractivity contribution in [2.75, 3.05) is 0 Å². The zero-order chi connectivity index (χ0) is 15.1. The van der Waals surface area contributed by atoms with Crippen LogP contribution < -0.4 is 4.89 Å². The second-order valence-corrected chi connectivity index (χ2v) is 5.75. The molecule has 108 valence electrons. The number of aryl methyl sites for hydroxylation is 4. The minimum Gasteiger partial charge on any atom is -0.588 e. The van der Waals surface area contributed by atoms with Crippen LogP contribution in [0.2, 0.25) is 0 Å². The Morgan fingerprint density at radius 1 is 0.857 bits per heavy atom.